The van der Waals surface area contributed by atoms with Crippen molar-refractivity contribution in [2.75, 3.05) is 35.2 Å². The third-order valence-corrected chi connectivity index (χ3v) is 6.76. The first-order chi connectivity index (χ1) is 16.6. The fraction of sp³-hybridized carbons (Fsp3) is 0.320. The molecule has 2 aliphatic heterocycles. The monoisotopic (exact) mass is 472 g/mol. The van der Waals surface area contributed by atoms with Crippen LogP contribution >= 0.6 is 0 Å². The molecule has 3 aromatic heterocycles. The molecule has 1 saturated heterocycles. The molecule has 1 fully saturated rings. The number of amides is 1. The summed E-state index contributed by atoms with van der Waals surface area (Å²) in [5, 5.41) is 0. The van der Waals surface area contributed by atoms with Crippen molar-refractivity contribution in [1.82, 2.24) is 24.5 Å². The number of hydrogen-bond donors (Lipinski definition) is 2. The highest BCUT2D eigenvalue weighted by molar-refractivity contribution is 6.06. The number of pyridine rings is 1. The van der Waals surface area contributed by atoms with Gasteiger partial charge in [0, 0.05) is 49.3 Å². The van der Waals surface area contributed by atoms with Crippen molar-refractivity contribution in [2.24, 2.45) is 0 Å². The van der Waals surface area contributed by atoms with E-state index in [2.05, 4.69) is 24.8 Å². The number of carbonyl (C=O) groups excluding carboxylic acids is 1. The van der Waals surface area contributed by atoms with E-state index in [9.17, 15) is 9.59 Å². The second-order valence-electron chi connectivity index (χ2n) is 8.75. The van der Waals surface area contributed by atoms with Crippen LogP contribution < -0.4 is 21.2 Å². The molecule has 0 aliphatic carbocycles. The Labute approximate surface area is 202 Å². The predicted octanol–water partition coefficient (Wildman–Crippen LogP) is 2.78. The Bertz CT molecular complexity index is 1450. The lowest BCUT2D eigenvalue weighted by atomic mass is 10.0. The van der Waals surface area contributed by atoms with Crippen molar-refractivity contribution in [2.45, 2.75) is 32.7 Å². The van der Waals surface area contributed by atoms with Crippen molar-refractivity contribution < 1.29 is 4.79 Å². The Balaban J connectivity index is 0.00000253. The van der Waals surface area contributed by atoms with Crippen LogP contribution in [0.4, 0.5) is 17.2 Å². The minimum Gasteiger partial charge on any atom is -0.399 e. The molecule has 0 radical (unpaired) electrons. The Morgan fingerprint density at radius 1 is 1.06 bits per heavy atom. The van der Waals surface area contributed by atoms with Crippen molar-refractivity contribution >= 4 is 34.3 Å². The third kappa shape index (κ3) is 3.90. The van der Waals surface area contributed by atoms with E-state index < -0.39 is 0 Å². The summed E-state index contributed by atoms with van der Waals surface area (Å²) < 4.78 is 1.81. The largest absolute Gasteiger partial charge is 0.399 e. The molecule has 4 aromatic rings. The van der Waals surface area contributed by atoms with Gasteiger partial charge in [0.25, 0.3) is 5.91 Å². The number of rotatable bonds is 3. The number of fused-ring (bicyclic) bond motifs is 2. The van der Waals surface area contributed by atoms with Gasteiger partial charge in [0.1, 0.15) is 17.8 Å². The molecule has 10 heteroatoms. The van der Waals surface area contributed by atoms with E-state index in [1.165, 1.54) is 6.33 Å². The normalized spacial score (nSPS) is 15.8. The maximum absolute atomic E-state index is 13.2. The van der Waals surface area contributed by atoms with Crippen LogP contribution in [0.2, 0.25) is 0 Å². The van der Waals surface area contributed by atoms with Gasteiger partial charge in [-0.15, -0.1) is 0 Å². The maximum atomic E-state index is 13.2. The van der Waals surface area contributed by atoms with E-state index in [1.54, 1.807) is 17.2 Å². The number of aromatic nitrogens is 5. The lowest BCUT2D eigenvalue weighted by Crippen LogP contribution is -2.37. The first-order valence-corrected chi connectivity index (χ1v) is 11.4. The number of nitrogen functional groups attached to an aromatic ring is 1. The van der Waals surface area contributed by atoms with E-state index >= 15 is 0 Å². The molecule has 1 amide bonds. The number of H-pyrrole nitrogens is 1. The summed E-state index contributed by atoms with van der Waals surface area (Å²) in [6.45, 7) is 2.05. The highest BCUT2D eigenvalue weighted by atomic mass is 16.2. The number of benzene rings is 1. The number of nitrogens with two attached hydrogens (primary N) is 1. The standard InChI is InChI=1S/C24H24N8O2.CH4/c25-16-3-4-19-15(12-16)5-11-31(19)23(33)18-13-21(28-14-27-18)30-9-6-17(7-10-30)32-20-2-1-8-26-22(20)29-24(32)34;/h1-4,8,12-14,17H,5-7,9-11,25H2,(H,26,29,34);1H4. The smallest absolute Gasteiger partial charge is 0.327 e. The Hall–Kier alpha value is -4.21. The average Bonchev–Trinajstić information content (AvgIpc) is 3.43. The topological polar surface area (TPSA) is 126 Å². The van der Waals surface area contributed by atoms with Gasteiger partial charge in [-0.05, 0) is 55.2 Å². The molecule has 3 N–H and O–H groups in total. The summed E-state index contributed by atoms with van der Waals surface area (Å²) in [5.41, 5.74) is 10.2. The van der Waals surface area contributed by atoms with E-state index in [0.29, 0.717) is 23.6 Å². The summed E-state index contributed by atoms with van der Waals surface area (Å²) >= 11 is 0. The van der Waals surface area contributed by atoms with Gasteiger partial charge in [-0.25, -0.2) is 19.7 Å². The van der Waals surface area contributed by atoms with Crippen LogP contribution in [0.25, 0.3) is 11.2 Å². The van der Waals surface area contributed by atoms with E-state index in [-0.39, 0.29) is 25.1 Å². The predicted molar refractivity (Wildman–Crippen MR) is 136 cm³/mol. The lowest BCUT2D eigenvalue weighted by Gasteiger charge is -2.33. The van der Waals surface area contributed by atoms with E-state index in [4.69, 9.17) is 5.73 Å². The number of anilines is 3. The number of imidazole rings is 1. The Morgan fingerprint density at radius 3 is 2.71 bits per heavy atom. The number of nitrogens with one attached hydrogen (secondary N) is 1. The second kappa shape index (κ2) is 8.86. The molecule has 1 aromatic carbocycles. The first kappa shape index (κ1) is 22.6. The fourth-order valence-corrected chi connectivity index (χ4v) is 5.08. The molecule has 0 saturated carbocycles. The molecule has 2 aliphatic rings. The number of nitrogens with zero attached hydrogens (tertiary/aromatic N) is 6. The van der Waals surface area contributed by atoms with Crippen LogP contribution in [-0.4, -0.2) is 50.0 Å². The average molecular weight is 473 g/mol. The Morgan fingerprint density at radius 2 is 1.89 bits per heavy atom. The number of carbonyl (C=O) groups is 1. The van der Waals surface area contributed by atoms with Crippen molar-refractivity contribution in [3.05, 3.63) is 70.7 Å². The van der Waals surface area contributed by atoms with Gasteiger partial charge in [-0.2, -0.15) is 0 Å². The lowest BCUT2D eigenvalue weighted by molar-refractivity contribution is 0.0984. The molecule has 0 atom stereocenters. The van der Waals surface area contributed by atoms with Crippen LogP contribution in [0.3, 0.4) is 0 Å². The van der Waals surface area contributed by atoms with Gasteiger partial charge >= 0.3 is 5.69 Å². The summed E-state index contributed by atoms with van der Waals surface area (Å²) in [6, 6.07) is 11.2. The summed E-state index contributed by atoms with van der Waals surface area (Å²) in [7, 11) is 0. The molecule has 0 unspecified atom stereocenters. The molecular formula is C25H28N8O2. The molecule has 180 valence electrons. The van der Waals surface area contributed by atoms with Gasteiger partial charge in [0.2, 0.25) is 0 Å². The van der Waals surface area contributed by atoms with Gasteiger partial charge in [0.15, 0.2) is 5.65 Å². The Kier molecular flexibility index (Phi) is 5.72. The molecule has 0 spiro atoms. The molecule has 10 nitrogen and oxygen atoms in total. The minimum absolute atomic E-state index is 0. The minimum atomic E-state index is -0.139. The molecular weight excluding hydrogens is 444 g/mol. The number of hydrogen-bond acceptors (Lipinski definition) is 7. The molecule has 6 rings (SSSR count). The summed E-state index contributed by atoms with van der Waals surface area (Å²) in [5.74, 6) is 0.585. The SMILES string of the molecule is C.Nc1ccc2c(c1)CCN2C(=O)c1cc(N2CCC(n3c(=O)[nH]c4ncccc43)CC2)ncn1. The summed E-state index contributed by atoms with van der Waals surface area (Å²) in [6.07, 6.45) is 5.48. The van der Waals surface area contributed by atoms with E-state index in [1.807, 2.05) is 34.9 Å². The number of piperidine rings is 1. The van der Waals surface area contributed by atoms with Gasteiger partial charge in [-0.1, -0.05) is 7.43 Å². The van der Waals surface area contributed by atoms with E-state index in [0.717, 1.165) is 54.9 Å². The second-order valence-corrected chi connectivity index (χ2v) is 8.75. The van der Waals surface area contributed by atoms with Crippen LogP contribution in [0.1, 0.15) is 42.4 Å². The van der Waals surface area contributed by atoms with Crippen molar-refractivity contribution in [3.63, 3.8) is 0 Å². The van der Waals surface area contributed by atoms with Crippen LogP contribution in [-0.2, 0) is 6.42 Å². The molecule has 35 heavy (non-hydrogen) atoms. The summed E-state index contributed by atoms with van der Waals surface area (Å²) in [4.78, 5) is 45.4. The first-order valence-electron chi connectivity index (χ1n) is 11.4. The highest BCUT2D eigenvalue weighted by Crippen LogP contribution is 2.31. The molecule has 0 bridgehead atoms. The zero-order chi connectivity index (χ0) is 23.2. The van der Waals surface area contributed by atoms with Gasteiger partial charge in [0.05, 0.1) is 5.52 Å². The quantitative estimate of drug-likeness (QED) is 0.439. The zero-order valence-corrected chi connectivity index (χ0v) is 18.5. The van der Waals surface area contributed by atoms with Crippen molar-refractivity contribution in [1.29, 1.82) is 0 Å². The van der Waals surface area contributed by atoms with Crippen LogP contribution in [0, 0.1) is 0 Å². The maximum Gasteiger partial charge on any atom is 0.327 e. The zero-order valence-electron chi connectivity index (χ0n) is 18.5. The van der Waals surface area contributed by atoms with Gasteiger partial charge in [-0.3, -0.25) is 14.3 Å². The fourth-order valence-electron chi connectivity index (χ4n) is 5.08. The number of aromatic amines is 1. The van der Waals surface area contributed by atoms with Crippen molar-refractivity contribution in [3.8, 4) is 0 Å². The third-order valence-electron chi connectivity index (χ3n) is 6.76. The van der Waals surface area contributed by atoms with Gasteiger partial charge < -0.3 is 15.5 Å². The highest BCUT2D eigenvalue weighted by Gasteiger charge is 2.28. The van der Waals surface area contributed by atoms with Crippen LogP contribution in [0.15, 0.2) is 53.7 Å². The molecule has 5 heterocycles. The van der Waals surface area contributed by atoms with Crippen LogP contribution in [0.5, 0.6) is 0 Å².